The summed E-state index contributed by atoms with van der Waals surface area (Å²) in [6, 6.07) is 4.14. The van der Waals surface area contributed by atoms with Crippen LogP contribution in [0.5, 0.6) is 0 Å². The lowest BCUT2D eigenvalue weighted by Gasteiger charge is -2.10. The van der Waals surface area contributed by atoms with Gasteiger partial charge in [0, 0.05) is 21.2 Å². The van der Waals surface area contributed by atoms with Crippen LogP contribution in [0.3, 0.4) is 0 Å². The largest absolute Gasteiger partial charge is 0.398 e. The summed E-state index contributed by atoms with van der Waals surface area (Å²) < 4.78 is 1.01. The summed E-state index contributed by atoms with van der Waals surface area (Å²) in [5.74, 6) is 0. The molecule has 3 heteroatoms. The van der Waals surface area contributed by atoms with E-state index in [1.54, 1.807) is 0 Å². The monoisotopic (exact) mass is 264 g/mol. The molecule has 2 aromatic rings. The van der Waals surface area contributed by atoms with Crippen molar-refractivity contribution >= 4 is 32.5 Å². The van der Waals surface area contributed by atoms with Gasteiger partial charge in [-0.3, -0.25) is 4.98 Å². The molecule has 0 bridgehead atoms. The Morgan fingerprint density at radius 1 is 1.20 bits per heavy atom. The van der Waals surface area contributed by atoms with Gasteiger partial charge >= 0.3 is 0 Å². The molecule has 15 heavy (non-hydrogen) atoms. The fraction of sp³-hybridized carbons (Fsp3) is 0.250. The maximum atomic E-state index is 6.10. The molecule has 1 aromatic heterocycles. The first kappa shape index (κ1) is 10.4. The van der Waals surface area contributed by atoms with Crippen LogP contribution in [-0.4, -0.2) is 4.98 Å². The van der Waals surface area contributed by atoms with Crippen molar-refractivity contribution in [2.45, 2.75) is 20.8 Å². The summed E-state index contributed by atoms with van der Waals surface area (Å²) in [5.41, 5.74) is 11.1. The molecule has 0 atom stereocenters. The number of aromatic nitrogens is 1. The summed E-state index contributed by atoms with van der Waals surface area (Å²) >= 11 is 3.52. The lowest BCUT2D eigenvalue weighted by atomic mass is 10.1. The van der Waals surface area contributed by atoms with Gasteiger partial charge in [0.2, 0.25) is 0 Å². The van der Waals surface area contributed by atoms with Crippen LogP contribution in [0, 0.1) is 20.8 Å². The Hall–Kier alpha value is -1.09. The van der Waals surface area contributed by atoms with Crippen molar-refractivity contribution in [1.29, 1.82) is 0 Å². The average Bonchev–Trinajstić information content (AvgIpc) is 2.17. The number of hydrogen-bond acceptors (Lipinski definition) is 2. The third-order valence-electron chi connectivity index (χ3n) is 2.72. The highest BCUT2D eigenvalue weighted by Gasteiger charge is 2.09. The Morgan fingerprint density at radius 2 is 1.87 bits per heavy atom. The number of anilines is 1. The zero-order chi connectivity index (χ0) is 11.2. The van der Waals surface area contributed by atoms with Gasteiger partial charge in [-0.1, -0.05) is 0 Å². The van der Waals surface area contributed by atoms with E-state index in [1.807, 2.05) is 13.8 Å². The van der Waals surface area contributed by atoms with Gasteiger partial charge in [0.25, 0.3) is 0 Å². The third-order valence-corrected chi connectivity index (χ3v) is 3.33. The van der Waals surface area contributed by atoms with Crippen LogP contribution >= 0.6 is 15.9 Å². The molecule has 0 aliphatic heterocycles. The van der Waals surface area contributed by atoms with Gasteiger partial charge in [-0.15, -0.1) is 0 Å². The van der Waals surface area contributed by atoms with Crippen LogP contribution in [0.2, 0.25) is 0 Å². The fourth-order valence-electron chi connectivity index (χ4n) is 1.70. The molecule has 0 fully saturated rings. The van der Waals surface area contributed by atoms with Crippen molar-refractivity contribution in [3.8, 4) is 0 Å². The Morgan fingerprint density at radius 3 is 2.53 bits per heavy atom. The van der Waals surface area contributed by atoms with Crippen molar-refractivity contribution in [1.82, 2.24) is 4.98 Å². The van der Waals surface area contributed by atoms with Crippen LogP contribution in [-0.2, 0) is 0 Å². The zero-order valence-corrected chi connectivity index (χ0v) is 10.6. The molecule has 1 heterocycles. The van der Waals surface area contributed by atoms with Gasteiger partial charge in [-0.2, -0.15) is 0 Å². The second-order valence-electron chi connectivity index (χ2n) is 3.88. The van der Waals surface area contributed by atoms with Crippen molar-refractivity contribution in [2.24, 2.45) is 0 Å². The van der Waals surface area contributed by atoms with E-state index < -0.39 is 0 Å². The standard InChI is InChI=1S/C12H13BrN2/c1-6-4-9-11(14)7(2)8(3)15-12(9)10(13)5-6/h4-5H,1-3H3,(H2,14,15). The summed E-state index contributed by atoms with van der Waals surface area (Å²) in [6.45, 7) is 6.05. The predicted octanol–water partition coefficient (Wildman–Crippen LogP) is 3.50. The first-order valence-electron chi connectivity index (χ1n) is 4.83. The smallest absolute Gasteiger partial charge is 0.0868 e. The van der Waals surface area contributed by atoms with E-state index >= 15 is 0 Å². The van der Waals surface area contributed by atoms with Crippen LogP contribution in [0.1, 0.15) is 16.8 Å². The Labute approximate surface area is 97.6 Å². The predicted molar refractivity (Wildman–Crippen MR) is 68.1 cm³/mol. The minimum atomic E-state index is 0.835. The van der Waals surface area contributed by atoms with E-state index in [1.165, 1.54) is 5.56 Å². The van der Waals surface area contributed by atoms with Gasteiger partial charge in [0.15, 0.2) is 0 Å². The number of aryl methyl sites for hydroxylation is 2. The van der Waals surface area contributed by atoms with E-state index in [9.17, 15) is 0 Å². The summed E-state index contributed by atoms with van der Waals surface area (Å²) in [5, 5.41) is 1.03. The SMILES string of the molecule is Cc1cc(Br)c2nc(C)c(C)c(N)c2c1. The average molecular weight is 265 g/mol. The lowest BCUT2D eigenvalue weighted by molar-refractivity contribution is 1.19. The maximum absolute atomic E-state index is 6.10. The third kappa shape index (κ3) is 1.61. The molecular formula is C12H13BrN2. The van der Waals surface area contributed by atoms with Gasteiger partial charge in [-0.25, -0.2) is 0 Å². The van der Waals surface area contributed by atoms with Crippen molar-refractivity contribution in [2.75, 3.05) is 5.73 Å². The minimum absolute atomic E-state index is 0.835. The normalized spacial score (nSPS) is 10.9. The number of hydrogen-bond donors (Lipinski definition) is 1. The van der Waals surface area contributed by atoms with E-state index in [0.717, 1.165) is 32.3 Å². The van der Waals surface area contributed by atoms with Crippen molar-refractivity contribution in [3.05, 3.63) is 33.4 Å². The number of benzene rings is 1. The molecule has 0 aliphatic rings. The molecule has 0 amide bonds. The topological polar surface area (TPSA) is 38.9 Å². The molecule has 2 rings (SSSR count). The fourth-order valence-corrected chi connectivity index (χ4v) is 2.37. The molecule has 0 saturated carbocycles. The van der Waals surface area contributed by atoms with E-state index in [0.29, 0.717) is 0 Å². The highest BCUT2D eigenvalue weighted by atomic mass is 79.9. The first-order valence-corrected chi connectivity index (χ1v) is 5.62. The summed E-state index contributed by atoms with van der Waals surface area (Å²) in [7, 11) is 0. The molecule has 0 saturated heterocycles. The van der Waals surface area contributed by atoms with Gasteiger partial charge in [0.1, 0.15) is 0 Å². The molecule has 0 unspecified atom stereocenters. The van der Waals surface area contributed by atoms with Crippen LogP contribution in [0.25, 0.3) is 10.9 Å². The molecular weight excluding hydrogens is 252 g/mol. The minimum Gasteiger partial charge on any atom is -0.398 e. The summed E-state index contributed by atoms with van der Waals surface area (Å²) in [4.78, 5) is 4.55. The second kappa shape index (κ2) is 3.49. The molecule has 1 aromatic carbocycles. The highest BCUT2D eigenvalue weighted by molar-refractivity contribution is 9.10. The van der Waals surface area contributed by atoms with Crippen LogP contribution in [0.15, 0.2) is 16.6 Å². The van der Waals surface area contributed by atoms with Crippen LogP contribution < -0.4 is 5.73 Å². The molecule has 0 radical (unpaired) electrons. The van der Waals surface area contributed by atoms with Gasteiger partial charge in [-0.05, 0) is 60.0 Å². The maximum Gasteiger partial charge on any atom is 0.0868 e. The Bertz CT molecular complexity index is 547. The second-order valence-corrected chi connectivity index (χ2v) is 4.73. The number of rotatable bonds is 0. The number of nitrogens with two attached hydrogens (primary N) is 1. The van der Waals surface area contributed by atoms with Crippen LogP contribution in [0.4, 0.5) is 5.69 Å². The van der Waals surface area contributed by atoms with Crippen molar-refractivity contribution < 1.29 is 0 Å². The molecule has 0 spiro atoms. The number of nitrogens with zero attached hydrogens (tertiary/aromatic N) is 1. The molecule has 2 nitrogen and oxygen atoms in total. The van der Waals surface area contributed by atoms with E-state index in [2.05, 4.69) is 40.0 Å². The lowest BCUT2D eigenvalue weighted by Crippen LogP contribution is -1.98. The number of pyridine rings is 1. The number of halogens is 1. The first-order chi connectivity index (χ1) is 7.00. The van der Waals surface area contributed by atoms with Crippen molar-refractivity contribution in [3.63, 3.8) is 0 Å². The molecule has 78 valence electrons. The molecule has 0 aliphatic carbocycles. The summed E-state index contributed by atoms with van der Waals surface area (Å²) in [6.07, 6.45) is 0. The quantitative estimate of drug-likeness (QED) is 0.791. The number of nitrogen functional groups attached to an aromatic ring is 1. The Kier molecular flexibility index (Phi) is 2.43. The van der Waals surface area contributed by atoms with Gasteiger partial charge in [0.05, 0.1) is 5.52 Å². The molecule has 2 N–H and O–H groups in total. The highest BCUT2D eigenvalue weighted by Crippen LogP contribution is 2.30. The van der Waals surface area contributed by atoms with E-state index in [-0.39, 0.29) is 0 Å². The Balaban J connectivity index is 2.98. The van der Waals surface area contributed by atoms with E-state index in [4.69, 9.17) is 5.73 Å². The number of fused-ring (bicyclic) bond motifs is 1. The zero-order valence-electron chi connectivity index (χ0n) is 9.06. The van der Waals surface area contributed by atoms with Gasteiger partial charge < -0.3 is 5.73 Å².